The molecule has 110 valence electrons. The largest absolute Gasteiger partial charge is 0.375 e. The van der Waals surface area contributed by atoms with E-state index in [1.807, 2.05) is 44.2 Å². The fourth-order valence-corrected chi connectivity index (χ4v) is 3.07. The summed E-state index contributed by atoms with van der Waals surface area (Å²) in [5.74, 6) is -0.0504. The van der Waals surface area contributed by atoms with Crippen LogP contribution in [0.4, 0.5) is 0 Å². The van der Waals surface area contributed by atoms with Crippen molar-refractivity contribution in [2.75, 3.05) is 0 Å². The highest BCUT2D eigenvalue weighted by Crippen LogP contribution is 2.21. The lowest BCUT2D eigenvalue weighted by molar-refractivity contribution is -0.0408. The summed E-state index contributed by atoms with van der Waals surface area (Å²) in [6.07, 6.45) is 3.80. The molecule has 4 heteroatoms. The van der Waals surface area contributed by atoms with E-state index in [9.17, 15) is 4.79 Å². The lowest BCUT2D eigenvalue weighted by atomic mass is 9.99. The third-order valence-electron chi connectivity index (χ3n) is 3.91. The Labute approximate surface area is 124 Å². The van der Waals surface area contributed by atoms with Crippen LogP contribution < -0.4 is 5.32 Å². The van der Waals surface area contributed by atoms with Gasteiger partial charge in [0.25, 0.3) is 5.91 Å². The van der Waals surface area contributed by atoms with Gasteiger partial charge in [-0.25, -0.2) is 0 Å². The van der Waals surface area contributed by atoms with Gasteiger partial charge in [0.2, 0.25) is 0 Å². The normalized spacial score (nSPS) is 25.7. The number of para-hydroxylation sites is 1. The van der Waals surface area contributed by atoms with E-state index in [0.717, 1.165) is 23.7 Å². The molecule has 2 atom stereocenters. The molecule has 2 unspecified atom stereocenters. The van der Waals surface area contributed by atoms with Crippen LogP contribution in [-0.2, 0) is 4.74 Å². The van der Waals surface area contributed by atoms with Crippen LogP contribution >= 0.6 is 0 Å². The summed E-state index contributed by atoms with van der Waals surface area (Å²) in [6, 6.07) is 9.71. The van der Waals surface area contributed by atoms with Crippen LogP contribution in [-0.4, -0.2) is 29.1 Å². The van der Waals surface area contributed by atoms with Crippen LogP contribution in [0.5, 0.6) is 0 Å². The molecule has 1 amide bonds. The fraction of sp³-hybridized carbons (Fsp3) is 0.412. The van der Waals surface area contributed by atoms with Crippen LogP contribution in [0.2, 0.25) is 0 Å². The predicted molar refractivity (Wildman–Crippen MR) is 82.2 cm³/mol. The van der Waals surface area contributed by atoms with Crippen molar-refractivity contribution in [1.82, 2.24) is 10.3 Å². The van der Waals surface area contributed by atoms with E-state index in [1.54, 1.807) is 6.20 Å². The van der Waals surface area contributed by atoms with E-state index in [2.05, 4.69) is 10.3 Å². The smallest absolute Gasteiger partial charge is 0.253 e. The van der Waals surface area contributed by atoms with Gasteiger partial charge in [0.15, 0.2) is 0 Å². The van der Waals surface area contributed by atoms with E-state index in [4.69, 9.17) is 4.74 Å². The monoisotopic (exact) mass is 284 g/mol. The van der Waals surface area contributed by atoms with Gasteiger partial charge in [-0.2, -0.15) is 0 Å². The Morgan fingerprint density at radius 1 is 1.19 bits per heavy atom. The maximum atomic E-state index is 12.5. The zero-order chi connectivity index (χ0) is 14.8. The number of carbonyl (C=O) groups excluding carboxylic acids is 1. The summed E-state index contributed by atoms with van der Waals surface area (Å²) >= 11 is 0. The average Bonchev–Trinajstić information content (AvgIpc) is 2.45. The summed E-state index contributed by atoms with van der Waals surface area (Å²) < 4.78 is 5.71. The Kier molecular flexibility index (Phi) is 3.88. The van der Waals surface area contributed by atoms with Gasteiger partial charge < -0.3 is 10.1 Å². The van der Waals surface area contributed by atoms with Crippen LogP contribution in [0.15, 0.2) is 36.5 Å². The highest BCUT2D eigenvalue weighted by Gasteiger charge is 2.26. The number of ether oxygens (including phenoxy) is 1. The fourth-order valence-electron chi connectivity index (χ4n) is 3.07. The molecule has 4 nitrogen and oxygen atoms in total. The van der Waals surface area contributed by atoms with Crippen LogP contribution in [0, 0.1) is 0 Å². The molecule has 3 rings (SSSR count). The highest BCUT2D eigenvalue weighted by molar-refractivity contribution is 6.05. The Morgan fingerprint density at radius 3 is 2.67 bits per heavy atom. The van der Waals surface area contributed by atoms with E-state index in [0.29, 0.717) is 5.56 Å². The minimum absolute atomic E-state index is 0.0504. The molecule has 1 aliphatic heterocycles. The Hall–Kier alpha value is -1.94. The Morgan fingerprint density at radius 2 is 1.90 bits per heavy atom. The number of hydrogen-bond donors (Lipinski definition) is 1. The minimum Gasteiger partial charge on any atom is -0.375 e. The van der Waals surface area contributed by atoms with Crippen molar-refractivity contribution in [3.63, 3.8) is 0 Å². The quantitative estimate of drug-likeness (QED) is 0.922. The number of fused-ring (bicyclic) bond motifs is 1. The number of hydrogen-bond acceptors (Lipinski definition) is 3. The van der Waals surface area contributed by atoms with E-state index < -0.39 is 0 Å². The Balaban J connectivity index is 1.81. The number of nitrogens with zero attached hydrogens (tertiary/aromatic N) is 1. The molecule has 1 aromatic carbocycles. The van der Waals surface area contributed by atoms with Crippen molar-refractivity contribution in [3.05, 3.63) is 42.1 Å². The summed E-state index contributed by atoms with van der Waals surface area (Å²) in [7, 11) is 0. The first kappa shape index (κ1) is 14.0. The molecular weight excluding hydrogens is 264 g/mol. The second kappa shape index (κ2) is 5.82. The number of amides is 1. The van der Waals surface area contributed by atoms with Gasteiger partial charge in [-0.15, -0.1) is 0 Å². The summed E-state index contributed by atoms with van der Waals surface area (Å²) in [5.41, 5.74) is 1.39. The SMILES string of the molecule is CC1CC(NC(=O)c2cccc3cccnc23)CC(C)O1. The molecule has 0 spiro atoms. The third kappa shape index (κ3) is 3.05. The molecule has 1 aromatic heterocycles. The van der Waals surface area contributed by atoms with Crippen LogP contribution in [0.25, 0.3) is 10.9 Å². The number of benzene rings is 1. The van der Waals surface area contributed by atoms with Crippen molar-refractivity contribution >= 4 is 16.8 Å². The summed E-state index contributed by atoms with van der Waals surface area (Å²) in [4.78, 5) is 16.9. The molecule has 1 aliphatic rings. The van der Waals surface area contributed by atoms with Gasteiger partial charge in [0.05, 0.1) is 23.3 Å². The molecular formula is C17H20N2O2. The van der Waals surface area contributed by atoms with Crippen LogP contribution in [0.1, 0.15) is 37.0 Å². The molecule has 0 aliphatic carbocycles. The van der Waals surface area contributed by atoms with Gasteiger partial charge in [-0.05, 0) is 38.8 Å². The number of rotatable bonds is 2. The first-order chi connectivity index (χ1) is 10.1. The zero-order valence-corrected chi connectivity index (χ0v) is 12.4. The molecule has 0 saturated carbocycles. The first-order valence-corrected chi connectivity index (χ1v) is 7.43. The number of carbonyl (C=O) groups is 1. The van der Waals surface area contributed by atoms with Crippen LogP contribution in [0.3, 0.4) is 0 Å². The second-order valence-electron chi connectivity index (χ2n) is 5.78. The van der Waals surface area contributed by atoms with Crippen molar-refractivity contribution in [3.8, 4) is 0 Å². The van der Waals surface area contributed by atoms with E-state index in [-0.39, 0.29) is 24.2 Å². The third-order valence-corrected chi connectivity index (χ3v) is 3.91. The molecule has 2 aromatic rings. The molecule has 2 heterocycles. The van der Waals surface area contributed by atoms with Gasteiger partial charge in [-0.1, -0.05) is 18.2 Å². The van der Waals surface area contributed by atoms with Crippen molar-refractivity contribution in [1.29, 1.82) is 0 Å². The summed E-state index contributed by atoms with van der Waals surface area (Å²) in [6.45, 7) is 4.10. The van der Waals surface area contributed by atoms with Crippen molar-refractivity contribution in [2.45, 2.75) is 44.9 Å². The maximum absolute atomic E-state index is 12.5. The maximum Gasteiger partial charge on any atom is 0.253 e. The average molecular weight is 284 g/mol. The van der Waals surface area contributed by atoms with E-state index in [1.165, 1.54) is 0 Å². The minimum atomic E-state index is -0.0504. The number of pyridine rings is 1. The molecule has 0 bridgehead atoms. The highest BCUT2D eigenvalue weighted by atomic mass is 16.5. The lowest BCUT2D eigenvalue weighted by Crippen LogP contribution is -2.43. The van der Waals surface area contributed by atoms with E-state index >= 15 is 0 Å². The predicted octanol–water partition coefficient (Wildman–Crippen LogP) is 2.92. The zero-order valence-electron chi connectivity index (χ0n) is 12.4. The molecule has 1 saturated heterocycles. The molecule has 1 fully saturated rings. The molecule has 21 heavy (non-hydrogen) atoms. The molecule has 1 N–H and O–H groups in total. The second-order valence-corrected chi connectivity index (χ2v) is 5.78. The van der Waals surface area contributed by atoms with Crippen molar-refractivity contribution < 1.29 is 9.53 Å². The number of aromatic nitrogens is 1. The molecule has 0 radical (unpaired) electrons. The topological polar surface area (TPSA) is 51.2 Å². The first-order valence-electron chi connectivity index (χ1n) is 7.43. The Bertz CT molecular complexity index is 641. The van der Waals surface area contributed by atoms with Gasteiger partial charge in [0.1, 0.15) is 0 Å². The van der Waals surface area contributed by atoms with Gasteiger partial charge in [0, 0.05) is 17.6 Å². The van der Waals surface area contributed by atoms with Crippen molar-refractivity contribution in [2.24, 2.45) is 0 Å². The number of nitrogens with one attached hydrogen (secondary N) is 1. The van der Waals surface area contributed by atoms with Gasteiger partial charge >= 0.3 is 0 Å². The summed E-state index contributed by atoms with van der Waals surface area (Å²) in [5, 5.41) is 4.11. The van der Waals surface area contributed by atoms with Gasteiger partial charge in [-0.3, -0.25) is 9.78 Å². The lowest BCUT2D eigenvalue weighted by Gasteiger charge is -2.32. The standard InChI is InChI=1S/C17H20N2O2/c1-11-9-14(10-12(2)21-11)19-17(20)15-7-3-5-13-6-4-8-18-16(13)15/h3-8,11-12,14H,9-10H2,1-2H3,(H,19,20).